The Morgan fingerprint density at radius 1 is 1.04 bits per heavy atom. The average Bonchev–Trinajstić information content (AvgIpc) is 3.11. The fourth-order valence-corrected chi connectivity index (χ4v) is 3.85. The summed E-state index contributed by atoms with van der Waals surface area (Å²) < 4.78 is 5.43. The number of H-pyrrole nitrogens is 1. The average molecular weight is 356 g/mol. The number of aromatic amines is 1. The molecule has 0 atom stereocenters. The van der Waals surface area contributed by atoms with E-state index in [2.05, 4.69) is 34.7 Å². The monoisotopic (exact) mass is 356 g/mol. The molecule has 1 aromatic heterocycles. The SMILES string of the molecule is CC(C)N1CCN(C(=O)c2ccc3[nH]c(N4CCOCC4)cc3c2)CC1. The van der Waals surface area contributed by atoms with Gasteiger partial charge < -0.3 is 19.5 Å². The van der Waals surface area contributed by atoms with Crippen LogP contribution in [0.4, 0.5) is 5.82 Å². The van der Waals surface area contributed by atoms with E-state index >= 15 is 0 Å². The van der Waals surface area contributed by atoms with Crippen molar-refractivity contribution in [1.29, 1.82) is 0 Å². The van der Waals surface area contributed by atoms with Gasteiger partial charge in [-0.25, -0.2) is 0 Å². The maximum absolute atomic E-state index is 12.9. The summed E-state index contributed by atoms with van der Waals surface area (Å²) in [6.07, 6.45) is 0. The van der Waals surface area contributed by atoms with Crippen LogP contribution in [-0.4, -0.2) is 79.2 Å². The third kappa shape index (κ3) is 3.44. The second kappa shape index (κ2) is 7.29. The minimum atomic E-state index is 0.143. The number of carbonyl (C=O) groups is 1. The van der Waals surface area contributed by atoms with Gasteiger partial charge in [0.2, 0.25) is 0 Å². The maximum atomic E-state index is 12.9. The first-order valence-corrected chi connectivity index (χ1v) is 9.60. The summed E-state index contributed by atoms with van der Waals surface area (Å²) in [6, 6.07) is 8.68. The molecule has 0 radical (unpaired) electrons. The highest BCUT2D eigenvalue weighted by molar-refractivity contribution is 5.98. The Kier molecular flexibility index (Phi) is 4.87. The second-order valence-corrected chi connectivity index (χ2v) is 7.48. The first-order chi connectivity index (χ1) is 12.6. The number of nitrogens with one attached hydrogen (secondary N) is 1. The molecule has 140 valence electrons. The molecule has 0 bridgehead atoms. The molecule has 2 saturated heterocycles. The number of rotatable bonds is 3. The number of fused-ring (bicyclic) bond motifs is 1. The zero-order chi connectivity index (χ0) is 18.1. The predicted octanol–water partition coefficient (Wildman–Crippen LogP) is 2.17. The van der Waals surface area contributed by atoms with Crippen molar-refractivity contribution in [2.24, 2.45) is 0 Å². The lowest BCUT2D eigenvalue weighted by Gasteiger charge is -2.37. The lowest BCUT2D eigenvalue weighted by molar-refractivity contribution is 0.0595. The number of amides is 1. The Morgan fingerprint density at radius 3 is 2.46 bits per heavy atom. The minimum Gasteiger partial charge on any atom is -0.378 e. The molecule has 1 aromatic carbocycles. The Bertz CT molecular complexity index is 771. The zero-order valence-electron chi connectivity index (χ0n) is 15.7. The van der Waals surface area contributed by atoms with Crippen LogP contribution in [0.1, 0.15) is 24.2 Å². The smallest absolute Gasteiger partial charge is 0.253 e. The molecule has 2 aliphatic heterocycles. The molecule has 4 rings (SSSR count). The molecule has 2 fully saturated rings. The summed E-state index contributed by atoms with van der Waals surface area (Å²) in [7, 11) is 0. The summed E-state index contributed by atoms with van der Waals surface area (Å²) in [4.78, 5) is 23.1. The lowest BCUT2D eigenvalue weighted by atomic mass is 10.1. The number of piperazine rings is 1. The molecule has 2 aromatic rings. The minimum absolute atomic E-state index is 0.143. The van der Waals surface area contributed by atoms with Crippen LogP contribution in [-0.2, 0) is 4.74 Å². The molecule has 0 saturated carbocycles. The maximum Gasteiger partial charge on any atom is 0.253 e. The summed E-state index contributed by atoms with van der Waals surface area (Å²) in [6.45, 7) is 11.3. The molecular weight excluding hydrogens is 328 g/mol. The van der Waals surface area contributed by atoms with Crippen LogP contribution >= 0.6 is 0 Å². The van der Waals surface area contributed by atoms with Crippen LogP contribution in [0.2, 0.25) is 0 Å². The third-order valence-corrected chi connectivity index (χ3v) is 5.54. The van der Waals surface area contributed by atoms with Crippen LogP contribution < -0.4 is 4.90 Å². The topological polar surface area (TPSA) is 51.8 Å². The Morgan fingerprint density at radius 2 is 1.77 bits per heavy atom. The molecule has 2 aliphatic rings. The number of aromatic nitrogens is 1. The normalized spacial score (nSPS) is 19.5. The number of benzene rings is 1. The van der Waals surface area contributed by atoms with Crippen molar-refractivity contribution in [2.75, 3.05) is 57.4 Å². The third-order valence-electron chi connectivity index (χ3n) is 5.54. The highest BCUT2D eigenvalue weighted by atomic mass is 16.5. The van der Waals surface area contributed by atoms with E-state index < -0.39 is 0 Å². The number of morpholine rings is 1. The number of carbonyl (C=O) groups excluding carboxylic acids is 1. The van der Waals surface area contributed by atoms with Crippen LogP contribution in [0.15, 0.2) is 24.3 Å². The van der Waals surface area contributed by atoms with E-state index in [1.165, 1.54) is 0 Å². The number of hydrogen-bond acceptors (Lipinski definition) is 4. The summed E-state index contributed by atoms with van der Waals surface area (Å²) in [5, 5.41) is 1.10. The fraction of sp³-hybridized carbons (Fsp3) is 0.550. The Hall–Kier alpha value is -2.05. The van der Waals surface area contributed by atoms with Crippen molar-refractivity contribution in [3.8, 4) is 0 Å². The number of nitrogens with zero attached hydrogens (tertiary/aromatic N) is 3. The molecule has 0 aliphatic carbocycles. The molecule has 6 nitrogen and oxygen atoms in total. The van der Waals surface area contributed by atoms with E-state index in [9.17, 15) is 4.79 Å². The lowest BCUT2D eigenvalue weighted by Crippen LogP contribution is -2.50. The second-order valence-electron chi connectivity index (χ2n) is 7.48. The molecule has 26 heavy (non-hydrogen) atoms. The van der Waals surface area contributed by atoms with Crippen LogP contribution in [0, 0.1) is 0 Å². The van der Waals surface area contributed by atoms with Gasteiger partial charge in [0.25, 0.3) is 5.91 Å². The Labute approximate surface area is 154 Å². The summed E-state index contributed by atoms with van der Waals surface area (Å²) in [5.41, 5.74) is 1.86. The van der Waals surface area contributed by atoms with Crippen molar-refractivity contribution in [1.82, 2.24) is 14.8 Å². The van der Waals surface area contributed by atoms with E-state index in [0.29, 0.717) is 6.04 Å². The van der Waals surface area contributed by atoms with E-state index in [1.807, 2.05) is 23.1 Å². The van der Waals surface area contributed by atoms with Gasteiger partial charge in [-0.1, -0.05) is 0 Å². The first kappa shape index (κ1) is 17.4. The van der Waals surface area contributed by atoms with Crippen LogP contribution in [0.25, 0.3) is 10.9 Å². The van der Waals surface area contributed by atoms with Gasteiger partial charge in [0, 0.05) is 61.8 Å². The first-order valence-electron chi connectivity index (χ1n) is 9.60. The van der Waals surface area contributed by atoms with Gasteiger partial charge in [0.1, 0.15) is 5.82 Å². The molecule has 3 heterocycles. The van der Waals surface area contributed by atoms with Crippen molar-refractivity contribution in [2.45, 2.75) is 19.9 Å². The molecular formula is C20H28N4O2. The molecule has 1 N–H and O–H groups in total. The van der Waals surface area contributed by atoms with Crippen LogP contribution in [0.3, 0.4) is 0 Å². The summed E-state index contributed by atoms with van der Waals surface area (Å²) >= 11 is 0. The largest absolute Gasteiger partial charge is 0.378 e. The van der Waals surface area contributed by atoms with E-state index in [-0.39, 0.29) is 5.91 Å². The van der Waals surface area contributed by atoms with Gasteiger partial charge in [0.05, 0.1) is 13.2 Å². The molecule has 0 spiro atoms. The van der Waals surface area contributed by atoms with Crippen molar-refractivity contribution in [3.05, 3.63) is 29.8 Å². The van der Waals surface area contributed by atoms with Gasteiger partial charge in [-0.05, 0) is 38.1 Å². The van der Waals surface area contributed by atoms with E-state index in [0.717, 1.165) is 74.8 Å². The van der Waals surface area contributed by atoms with Gasteiger partial charge >= 0.3 is 0 Å². The van der Waals surface area contributed by atoms with Crippen LogP contribution in [0.5, 0.6) is 0 Å². The predicted molar refractivity (Wildman–Crippen MR) is 104 cm³/mol. The quantitative estimate of drug-likeness (QED) is 0.916. The molecule has 6 heteroatoms. The van der Waals surface area contributed by atoms with E-state index in [1.54, 1.807) is 0 Å². The molecule has 1 amide bonds. The van der Waals surface area contributed by atoms with E-state index in [4.69, 9.17) is 4.74 Å². The Balaban J connectivity index is 1.49. The van der Waals surface area contributed by atoms with Gasteiger partial charge in [-0.15, -0.1) is 0 Å². The van der Waals surface area contributed by atoms with Crippen molar-refractivity contribution < 1.29 is 9.53 Å². The highest BCUT2D eigenvalue weighted by Gasteiger charge is 2.23. The van der Waals surface area contributed by atoms with Crippen molar-refractivity contribution >= 4 is 22.6 Å². The van der Waals surface area contributed by atoms with Gasteiger partial charge in [-0.3, -0.25) is 9.69 Å². The van der Waals surface area contributed by atoms with Gasteiger partial charge in [0.15, 0.2) is 0 Å². The highest BCUT2D eigenvalue weighted by Crippen LogP contribution is 2.24. The van der Waals surface area contributed by atoms with Crippen molar-refractivity contribution in [3.63, 3.8) is 0 Å². The number of hydrogen-bond donors (Lipinski definition) is 1. The number of ether oxygens (including phenoxy) is 1. The van der Waals surface area contributed by atoms with Gasteiger partial charge in [-0.2, -0.15) is 0 Å². The fourth-order valence-electron chi connectivity index (χ4n) is 3.85. The zero-order valence-corrected chi connectivity index (χ0v) is 15.7. The molecule has 0 unspecified atom stereocenters. The summed E-state index contributed by atoms with van der Waals surface area (Å²) in [5.74, 6) is 1.25. The number of anilines is 1. The standard InChI is InChI=1S/C20H28N4O2/c1-15(2)22-5-7-24(8-6-22)20(25)16-3-4-18-17(13-16)14-19(21-18)23-9-11-26-12-10-23/h3-4,13-15,21H,5-12H2,1-2H3.